The molecule has 0 spiro atoms. The second-order valence-electron chi connectivity index (χ2n) is 6.38. The predicted octanol–water partition coefficient (Wildman–Crippen LogP) is 3.80. The summed E-state index contributed by atoms with van der Waals surface area (Å²) in [6.07, 6.45) is -4.38. The van der Waals surface area contributed by atoms with E-state index in [0.717, 1.165) is 18.2 Å². The molecule has 1 amide bonds. The lowest BCUT2D eigenvalue weighted by atomic mass is 10.1. The Morgan fingerprint density at radius 3 is 2.62 bits per heavy atom. The van der Waals surface area contributed by atoms with E-state index in [0.29, 0.717) is 11.3 Å². The van der Waals surface area contributed by atoms with Crippen LogP contribution in [0.1, 0.15) is 33.3 Å². The molecule has 0 saturated heterocycles. The van der Waals surface area contributed by atoms with Gasteiger partial charge < -0.3 is 10.4 Å². The molecule has 5 nitrogen and oxygen atoms in total. The van der Waals surface area contributed by atoms with E-state index >= 15 is 0 Å². The summed E-state index contributed by atoms with van der Waals surface area (Å²) in [5.74, 6) is -1.07. The van der Waals surface area contributed by atoms with E-state index in [1.54, 1.807) is 6.92 Å². The standard InChI is InChI=1S/C20H17F4N3O2/c1-12-17(19(29)25-11-18(28)13-4-2-6-15(21)8-13)10-26-27(12)16-7-3-5-14(9-16)20(22,23)24/h2-10,18,28H,11H2,1H3,(H,25,29). The van der Waals surface area contributed by atoms with Crippen LogP contribution in [0.4, 0.5) is 17.6 Å². The van der Waals surface area contributed by atoms with Crippen molar-refractivity contribution in [2.75, 3.05) is 6.54 Å². The van der Waals surface area contributed by atoms with Gasteiger partial charge in [0.25, 0.3) is 5.91 Å². The van der Waals surface area contributed by atoms with Gasteiger partial charge in [-0.3, -0.25) is 4.79 Å². The zero-order valence-corrected chi connectivity index (χ0v) is 15.2. The van der Waals surface area contributed by atoms with Gasteiger partial charge in [-0.1, -0.05) is 18.2 Å². The average molecular weight is 407 g/mol. The Morgan fingerprint density at radius 2 is 1.93 bits per heavy atom. The van der Waals surface area contributed by atoms with Crippen LogP contribution in [-0.2, 0) is 6.18 Å². The van der Waals surface area contributed by atoms with Crippen molar-refractivity contribution in [3.63, 3.8) is 0 Å². The van der Waals surface area contributed by atoms with Gasteiger partial charge in [0.05, 0.1) is 34.8 Å². The van der Waals surface area contributed by atoms with Crippen LogP contribution in [0.25, 0.3) is 5.69 Å². The summed E-state index contributed by atoms with van der Waals surface area (Å²) in [5.41, 5.74) is 0.128. The SMILES string of the molecule is Cc1c(C(=O)NCC(O)c2cccc(F)c2)cnn1-c1cccc(C(F)(F)F)c1. The van der Waals surface area contributed by atoms with E-state index < -0.39 is 29.6 Å². The van der Waals surface area contributed by atoms with Gasteiger partial charge in [-0.2, -0.15) is 18.3 Å². The van der Waals surface area contributed by atoms with E-state index in [1.807, 2.05) is 0 Å². The number of alkyl halides is 3. The second-order valence-corrected chi connectivity index (χ2v) is 6.38. The van der Waals surface area contributed by atoms with E-state index in [9.17, 15) is 27.5 Å². The van der Waals surface area contributed by atoms with E-state index in [-0.39, 0.29) is 17.8 Å². The predicted molar refractivity (Wildman–Crippen MR) is 97.0 cm³/mol. The van der Waals surface area contributed by atoms with Gasteiger partial charge in [0.1, 0.15) is 5.82 Å². The number of carbonyl (C=O) groups is 1. The lowest BCUT2D eigenvalue weighted by molar-refractivity contribution is -0.137. The summed E-state index contributed by atoms with van der Waals surface area (Å²) in [4.78, 5) is 12.4. The van der Waals surface area contributed by atoms with Crippen LogP contribution in [0, 0.1) is 12.7 Å². The summed E-state index contributed by atoms with van der Waals surface area (Å²) < 4.78 is 53.2. The topological polar surface area (TPSA) is 67.2 Å². The number of benzene rings is 2. The summed E-state index contributed by atoms with van der Waals surface area (Å²) in [6.45, 7) is 1.38. The normalized spacial score (nSPS) is 12.6. The Labute approximate surface area is 163 Å². The summed E-state index contributed by atoms with van der Waals surface area (Å²) in [7, 11) is 0. The van der Waals surface area contributed by atoms with Crippen molar-refractivity contribution in [2.45, 2.75) is 19.2 Å². The van der Waals surface area contributed by atoms with Crippen molar-refractivity contribution in [2.24, 2.45) is 0 Å². The van der Waals surface area contributed by atoms with Crippen LogP contribution in [-0.4, -0.2) is 27.3 Å². The molecule has 1 unspecified atom stereocenters. The molecule has 0 fully saturated rings. The van der Waals surface area contributed by atoms with Crippen molar-refractivity contribution in [1.82, 2.24) is 15.1 Å². The molecule has 152 valence electrons. The Balaban J connectivity index is 1.74. The quantitative estimate of drug-likeness (QED) is 0.633. The largest absolute Gasteiger partial charge is 0.416 e. The molecule has 0 bridgehead atoms. The number of aliphatic hydroxyl groups is 1. The lowest BCUT2D eigenvalue weighted by Crippen LogP contribution is -2.28. The van der Waals surface area contributed by atoms with Crippen molar-refractivity contribution in [3.8, 4) is 5.69 Å². The highest BCUT2D eigenvalue weighted by Crippen LogP contribution is 2.30. The number of hydrogen-bond acceptors (Lipinski definition) is 3. The lowest BCUT2D eigenvalue weighted by Gasteiger charge is -2.13. The first-order chi connectivity index (χ1) is 13.7. The minimum absolute atomic E-state index is 0.147. The summed E-state index contributed by atoms with van der Waals surface area (Å²) in [6, 6.07) is 9.96. The molecule has 0 aliphatic carbocycles. The van der Waals surface area contributed by atoms with Crippen LogP contribution in [0.2, 0.25) is 0 Å². The fourth-order valence-corrected chi connectivity index (χ4v) is 2.82. The van der Waals surface area contributed by atoms with Crippen molar-refractivity contribution in [1.29, 1.82) is 0 Å². The van der Waals surface area contributed by atoms with E-state index in [2.05, 4.69) is 10.4 Å². The number of aromatic nitrogens is 2. The molecule has 3 aromatic rings. The molecule has 2 aromatic carbocycles. The zero-order chi connectivity index (χ0) is 21.2. The highest BCUT2D eigenvalue weighted by atomic mass is 19.4. The smallest absolute Gasteiger partial charge is 0.387 e. The molecular formula is C20H17F4N3O2. The molecule has 3 rings (SSSR count). The fraction of sp³-hybridized carbons (Fsp3) is 0.200. The van der Waals surface area contributed by atoms with Crippen molar-refractivity contribution < 1.29 is 27.5 Å². The molecule has 2 N–H and O–H groups in total. The Hall–Kier alpha value is -3.20. The number of nitrogens with one attached hydrogen (secondary N) is 1. The van der Waals surface area contributed by atoms with Gasteiger partial charge in [0.2, 0.25) is 0 Å². The van der Waals surface area contributed by atoms with Gasteiger partial charge in [-0.25, -0.2) is 9.07 Å². The molecule has 0 saturated carbocycles. The molecule has 1 aromatic heterocycles. The monoisotopic (exact) mass is 407 g/mol. The fourth-order valence-electron chi connectivity index (χ4n) is 2.82. The van der Waals surface area contributed by atoms with Crippen LogP contribution in [0.5, 0.6) is 0 Å². The van der Waals surface area contributed by atoms with E-state index in [4.69, 9.17) is 0 Å². The van der Waals surface area contributed by atoms with Gasteiger partial charge in [0, 0.05) is 6.54 Å². The second kappa shape index (κ2) is 8.04. The first kappa shape index (κ1) is 20.5. The van der Waals surface area contributed by atoms with Gasteiger partial charge in [-0.05, 0) is 42.8 Å². The highest BCUT2D eigenvalue weighted by molar-refractivity contribution is 5.95. The maximum Gasteiger partial charge on any atom is 0.416 e. The number of amides is 1. The minimum atomic E-state index is -4.50. The summed E-state index contributed by atoms with van der Waals surface area (Å²) in [5, 5.41) is 16.6. The van der Waals surface area contributed by atoms with Gasteiger partial charge in [-0.15, -0.1) is 0 Å². The van der Waals surface area contributed by atoms with Crippen LogP contribution in [0.15, 0.2) is 54.7 Å². The molecule has 0 radical (unpaired) electrons. The van der Waals surface area contributed by atoms with E-state index in [1.165, 1.54) is 41.2 Å². The maximum absolute atomic E-state index is 13.2. The first-order valence-corrected chi connectivity index (χ1v) is 8.61. The van der Waals surface area contributed by atoms with Gasteiger partial charge >= 0.3 is 6.18 Å². The average Bonchev–Trinajstić information content (AvgIpc) is 3.06. The third-order valence-corrected chi connectivity index (χ3v) is 4.36. The third-order valence-electron chi connectivity index (χ3n) is 4.36. The highest BCUT2D eigenvalue weighted by Gasteiger charge is 2.30. The number of hydrogen-bond donors (Lipinski definition) is 2. The molecule has 9 heteroatoms. The Kier molecular flexibility index (Phi) is 5.69. The molecular weight excluding hydrogens is 390 g/mol. The van der Waals surface area contributed by atoms with Crippen molar-refractivity contribution >= 4 is 5.91 Å². The van der Waals surface area contributed by atoms with Crippen LogP contribution in [0.3, 0.4) is 0 Å². The number of carbonyl (C=O) groups excluding carboxylic acids is 1. The molecule has 1 heterocycles. The number of rotatable bonds is 5. The summed E-state index contributed by atoms with van der Waals surface area (Å²) >= 11 is 0. The van der Waals surface area contributed by atoms with Crippen molar-refractivity contribution in [3.05, 3.63) is 82.9 Å². The Morgan fingerprint density at radius 1 is 1.21 bits per heavy atom. The molecule has 0 aliphatic rings. The molecule has 1 atom stereocenters. The van der Waals surface area contributed by atoms with Crippen LogP contribution < -0.4 is 5.32 Å². The van der Waals surface area contributed by atoms with Crippen LogP contribution >= 0.6 is 0 Å². The van der Waals surface area contributed by atoms with Gasteiger partial charge in [0.15, 0.2) is 0 Å². The third kappa shape index (κ3) is 4.62. The maximum atomic E-state index is 13.2. The molecule has 29 heavy (non-hydrogen) atoms. The molecule has 0 aliphatic heterocycles. The Bertz CT molecular complexity index is 1030. The first-order valence-electron chi connectivity index (χ1n) is 8.61. The number of nitrogens with zero attached hydrogens (tertiary/aromatic N) is 2. The number of aliphatic hydroxyl groups excluding tert-OH is 1. The minimum Gasteiger partial charge on any atom is -0.387 e. The number of halogens is 4. The zero-order valence-electron chi connectivity index (χ0n) is 15.2.